The standard InChI is InChI=1S/C16H25N3O2/c1-12(2)17-16(20)13(3)18-14-4-6-15(7-5-14)19-8-10-21-11-9-19/h4-7,12-13,18H,8-11H2,1-3H3,(H,17,20). The van der Waals surface area contributed by atoms with Gasteiger partial charge in [-0.2, -0.15) is 0 Å². The Morgan fingerprint density at radius 2 is 1.76 bits per heavy atom. The van der Waals surface area contributed by atoms with E-state index in [2.05, 4.69) is 27.7 Å². The Balaban J connectivity index is 1.91. The van der Waals surface area contributed by atoms with Crippen LogP contribution in [0, 0.1) is 0 Å². The van der Waals surface area contributed by atoms with Gasteiger partial charge in [0.2, 0.25) is 5.91 Å². The first-order valence-corrected chi connectivity index (χ1v) is 7.56. The second-order valence-corrected chi connectivity index (χ2v) is 5.68. The van der Waals surface area contributed by atoms with Crippen molar-refractivity contribution < 1.29 is 9.53 Å². The summed E-state index contributed by atoms with van der Waals surface area (Å²) in [5.74, 6) is 0.0160. The lowest BCUT2D eigenvalue weighted by molar-refractivity contribution is -0.122. The predicted octanol–water partition coefficient (Wildman–Crippen LogP) is 1.85. The molecule has 1 unspecified atom stereocenters. The number of carbonyl (C=O) groups is 1. The molecule has 2 N–H and O–H groups in total. The lowest BCUT2D eigenvalue weighted by Crippen LogP contribution is -2.41. The number of rotatable bonds is 5. The average Bonchev–Trinajstić information content (AvgIpc) is 2.48. The fourth-order valence-electron chi connectivity index (χ4n) is 2.32. The van der Waals surface area contributed by atoms with E-state index in [4.69, 9.17) is 4.74 Å². The van der Waals surface area contributed by atoms with E-state index < -0.39 is 0 Å². The Kier molecular flexibility index (Phi) is 5.44. The lowest BCUT2D eigenvalue weighted by atomic mass is 10.2. The summed E-state index contributed by atoms with van der Waals surface area (Å²) >= 11 is 0. The van der Waals surface area contributed by atoms with E-state index in [-0.39, 0.29) is 18.0 Å². The maximum atomic E-state index is 11.9. The van der Waals surface area contributed by atoms with Crippen LogP contribution in [0.4, 0.5) is 11.4 Å². The highest BCUT2D eigenvalue weighted by Crippen LogP contribution is 2.19. The third kappa shape index (κ3) is 4.63. The van der Waals surface area contributed by atoms with E-state index in [0.29, 0.717) is 0 Å². The Labute approximate surface area is 126 Å². The van der Waals surface area contributed by atoms with Crippen molar-refractivity contribution in [3.8, 4) is 0 Å². The predicted molar refractivity (Wildman–Crippen MR) is 85.8 cm³/mol. The van der Waals surface area contributed by atoms with E-state index in [1.807, 2.05) is 32.9 Å². The molecule has 2 rings (SSSR count). The first-order valence-electron chi connectivity index (χ1n) is 7.56. The third-order valence-electron chi connectivity index (χ3n) is 3.45. The van der Waals surface area contributed by atoms with Crippen LogP contribution in [0.5, 0.6) is 0 Å². The average molecular weight is 291 g/mol. The van der Waals surface area contributed by atoms with Gasteiger partial charge in [0, 0.05) is 30.5 Å². The van der Waals surface area contributed by atoms with Crippen molar-refractivity contribution in [3.63, 3.8) is 0 Å². The molecule has 1 saturated heterocycles. The van der Waals surface area contributed by atoms with E-state index in [0.717, 1.165) is 32.0 Å². The van der Waals surface area contributed by atoms with Crippen LogP contribution < -0.4 is 15.5 Å². The Bertz CT molecular complexity index is 453. The van der Waals surface area contributed by atoms with Gasteiger partial charge >= 0.3 is 0 Å². The van der Waals surface area contributed by atoms with E-state index in [1.165, 1.54) is 5.69 Å². The fourth-order valence-corrected chi connectivity index (χ4v) is 2.32. The number of nitrogens with one attached hydrogen (secondary N) is 2. The fraction of sp³-hybridized carbons (Fsp3) is 0.562. The summed E-state index contributed by atoms with van der Waals surface area (Å²) in [4.78, 5) is 14.2. The minimum absolute atomic E-state index is 0.0160. The molecule has 116 valence electrons. The topological polar surface area (TPSA) is 53.6 Å². The molecule has 1 atom stereocenters. The Hall–Kier alpha value is -1.75. The molecule has 0 saturated carbocycles. The smallest absolute Gasteiger partial charge is 0.242 e. The van der Waals surface area contributed by atoms with Crippen molar-refractivity contribution in [3.05, 3.63) is 24.3 Å². The maximum Gasteiger partial charge on any atom is 0.242 e. The molecular formula is C16H25N3O2. The van der Waals surface area contributed by atoms with Gasteiger partial charge in [0.25, 0.3) is 0 Å². The van der Waals surface area contributed by atoms with Gasteiger partial charge in [0.05, 0.1) is 13.2 Å². The van der Waals surface area contributed by atoms with Crippen LogP contribution >= 0.6 is 0 Å². The molecule has 21 heavy (non-hydrogen) atoms. The normalized spacial score (nSPS) is 16.7. The zero-order valence-corrected chi connectivity index (χ0v) is 13.1. The number of anilines is 2. The largest absolute Gasteiger partial charge is 0.378 e. The van der Waals surface area contributed by atoms with Crippen molar-refractivity contribution in [1.29, 1.82) is 0 Å². The molecule has 1 heterocycles. The highest BCUT2D eigenvalue weighted by molar-refractivity contribution is 5.84. The number of nitrogens with zero attached hydrogens (tertiary/aromatic N) is 1. The van der Waals surface area contributed by atoms with E-state index in [1.54, 1.807) is 0 Å². The zero-order valence-electron chi connectivity index (χ0n) is 13.1. The van der Waals surface area contributed by atoms with Crippen LogP contribution in [0.1, 0.15) is 20.8 Å². The van der Waals surface area contributed by atoms with Gasteiger partial charge in [-0.25, -0.2) is 0 Å². The van der Waals surface area contributed by atoms with Crippen LogP contribution in [0.25, 0.3) is 0 Å². The number of hydrogen-bond donors (Lipinski definition) is 2. The summed E-state index contributed by atoms with van der Waals surface area (Å²) in [5.41, 5.74) is 2.15. The van der Waals surface area contributed by atoms with Crippen molar-refractivity contribution in [1.82, 2.24) is 5.32 Å². The van der Waals surface area contributed by atoms with Gasteiger partial charge in [0.15, 0.2) is 0 Å². The summed E-state index contributed by atoms with van der Waals surface area (Å²) in [7, 11) is 0. The van der Waals surface area contributed by atoms with Crippen molar-refractivity contribution >= 4 is 17.3 Å². The Morgan fingerprint density at radius 1 is 1.14 bits per heavy atom. The summed E-state index contributed by atoms with van der Waals surface area (Å²) in [6, 6.07) is 8.11. The molecule has 0 aliphatic carbocycles. The third-order valence-corrected chi connectivity index (χ3v) is 3.45. The van der Waals surface area contributed by atoms with Crippen LogP contribution in [0.15, 0.2) is 24.3 Å². The highest BCUT2D eigenvalue weighted by atomic mass is 16.5. The second-order valence-electron chi connectivity index (χ2n) is 5.68. The maximum absolute atomic E-state index is 11.9. The summed E-state index contributed by atoms with van der Waals surface area (Å²) in [6.07, 6.45) is 0. The summed E-state index contributed by atoms with van der Waals surface area (Å²) < 4.78 is 5.36. The second kappa shape index (κ2) is 7.31. The zero-order chi connectivity index (χ0) is 15.2. The number of morpholine rings is 1. The minimum Gasteiger partial charge on any atom is -0.378 e. The van der Waals surface area contributed by atoms with E-state index in [9.17, 15) is 4.79 Å². The number of benzene rings is 1. The van der Waals surface area contributed by atoms with Crippen LogP contribution in [0.3, 0.4) is 0 Å². The molecule has 0 bridgehead atoms. The molecule has 0 aromatic heterocycles. The highest BCUT2D eigenvalue weighted by Gasteiger charge is 2.14. The molecule has 5 nitrogen and oxygen atoms in total. The summed E-state index contributed by atoms with van der Waals surface area (Å²) in [5, 5.41) is 6.12. The van der Waals surface area contributed by atoms with Gasteiger partial charge in [-0.15, -0.1) is 0 Å². The molecule has 0 spiro atoms. The van der Waals surface area contributed by atoms with Crippen molar-refractivity contribution in [2.75, 3.05) is 36.5 Å². The number of hydrogen-bond acceptors (Lipinski definition) is 4. The molecule has 0 radical (unpaired) electrons. The molecule has 1 aromatic rings. The van der Waals surface area contributed by atoms with E-state index >= 15 is 0 Å². The van der Waals surface area contributed by atoms with Gasteiger partial charge in [0.1, 0.15) is 6.04 Å². The first-order chi connectivity index (χ1) is 10.1. The number of ether oxygens (including phenoxy) is 1. The number of amides is 1. The quantitative estimate of drug-likeness (QED) is 0.869. The Morgan fingerprint density at radius 3 is 2.33 bits per heavy atom. The van der Waals surface area contributed by atoms with Crippen LogP contribution in [-0.2, 0) is 9.53 Å². The molecule has 1 aliphatic heterocycles. The van der Waals surface area contributed by atoms with Gasteiger partial charge < -0.3 is 20.3 Å². The molecule has 1 aromatic carbocycles. The monoisotopic (exact) mass is 291 g/mol. The molecule has 1 aliphatic rings. The van der Waals surface area contributed by atoms with Crippen LogP contribution in [0.2, 0.25) is 0 Å². The summed E-state index contributed by atoms with van der Waals surface area (Å²) in [6.45, 7) is 9.22. The molecule has 1 amide bonds. The molecular weight excluding hydrogens is 266 g/mol. The first kappa shape index (κ1) is 15.6. The van der Waals surface area contributed by atoms with Crippen molar-refractivity contribution in [2.24, 2.45) is 0 Å². The lowest BCUT2D eigenvalue weighted by Gasteiger charge is -2.29. The molecule has 5 heteroatoms. The van der Waals surface area contributed by atoms with Gasteiger partial charge in [-0.05, 0) is 45.0 Å². The van der Waals surface area contributed by atoms with Crippen LogP contribution in [-0.4, -0.2) is 44.3 Å². The SMILES string of the molecule is CC(C)NC(=O)C(C)Nc1ccc(N2CCOCC2)cc1. The number of carbonyl (C=O) groups excluding carboxylic acids is 1. The van der Waals surface area contributed by atoms with Gasteiger partial charge in [-0.1, -0.05) is 0 Å². The minimum atomic E-state index is -0.248. The van der Waals surface area contributed by atoms with Crippen molar-refractivity contribution in [2.45, 2.75) is 32.9 Å². The molecule has 1 fully saturated rings. The van der Waals surface area contributed by atoms with Gasteiger partial charge in [-0.3, -0.25) is 4.79 Å².